The molecule has 7 nitrogen and oxygen atoms in total. The molecule has 1 aliphatic heterocycles. The predicted molar refractivity (Wildman–Crippen MR) is 92.4 cm³/mol. The first-order valence-electron chi connectivity index (χ1n) is 8.04. The Morgan fingerprint density at radius 2 is 2.04 bits per heavy atom. The highest BCUT2D eigenvalue weighted by atomic mass is 16.2. The van der Waals surface area contributed by atoms with Gasteiger partial charge in [-0.25, -0.2) is 9.97 Å². The van der Waals surface area contributed by atoms with Crippen molar-refractivity contribution in [3.05, 3.63) is 66.4 Å². The summed E-state index contributed by atoms with van der Waals surface area (Å²) in [5, 5.41) is 6.70. The van der Waals surface area contributed by atoms with Crippen LogP contribution >= 0.6 is 0 Å². The Morgan fingerprint density at radius 3 is 2.92 bits per heavy atom. The van der Waals surface area contributed by atoms with Crippen molar-refractivity contribution in [1.82, 2.24) is 24.6 Å². The average Bonchev–Trinajstić information content (AvgIpc) is 3.38. The second-order valence-electron chi connectivity index (χ2n) is 5.98. The van der Waals surface area contributed by atoms with Gasteiger partial charge in [0.1, 0.15) is 17.7 Å². The Labute approximate surface area is 143 Å². The number of hydrogen-bond donors (Lipinski definition) is 1. The van der Waals surface area contributed by atoms with Crippen molar-refractivity contribution < 1.29 is 4.79 Å². The van der Waals surface area contributed by atoms with Crippen molar-refractivity contribution in [2.45, 2.75) is 6.42 Å². The molecule has 0 aliphatic carbocycles. The van der Waals surface area contributed by atoms with Gasteiger partial charge in [-0.1, -0.05) is 18.2 Å². The third-order valence-corrected chi connectivity index (χ3v) is 4.49. The second kappa shape index (κ2) is 5.27. The van der Waals surface area contributed by atoms with E-state index < -0.39 is 0 Å². The number of nitrogens with zero attached hydrogens (tertiary/aromatic N) is 5. The van der Waals surface area contributed by atoms with E-state index in [9.17, 15) is 4.79 Å². The van der Waals surface area contributed by atoms with Gasteiger partial charge < -0.3 is 9.30 Å². The SMILES string of the molecule is O=C(c1cn2cc(-c3ncn[nH]3)ccc2n1)N1CCc2ccccc21. The molecule has 0 fully saturated rings. The van der Waals surface area contributed by atoms with Crippen molar-refractivity contribution in [3.8, 4) is 11.4 Å². The summed E-state index contributed by atoms with van der Waals surface area (Å²) >= 11 is 0. The van der Waals surface area contributed by atoms with E-state index in [4.69, 9.17) is 0 Å². The fraction of sp³-hybridized carbons (Fsp3) is 0.111. The highest BCUT2D eigenvalue weighted by molar-refractivity contribution is 6.06. The number of aromatic nitrogens is 5. The van der Waals surface area contributed by atoms with Gasteiger partial charge in [-0.3, -0.25) is 9.89 Å². The third kappa shape index (κ3) is 2.20. The number of nitrogens with one attached hydrogen (secondary N) is 1. The van der Waals surface area contributed by atoms with Crippen LogP contribution in [0.1, 0.15) is 16.1 Å². The molecule has 0 unspecified atom stereocenters. The molecule has 0 saturated carbocycles. The molecule has 1 aromatic carbocycles. The third-order valence-electron chi connectivity index (χ3n) is 4.49. The first-order valence-corrected chi connectivity index (χ1v) is 8.04. The number of anilines is 1. The zero-order chi connectivity index (χ0) is 16.8. The summed E-state index contributed by atoms with van der Waals surface area (Å²) < 4.78 is 1.84. The van der Waals surface area contributed by atoms with E-state index in [-0.39, 0.29) is 5.91 Å². The van der Waals surface area contributed by atoms with Crippen LogP contribution in [0.2, 0.25) is 0 Å². The summed E-state index contributed by atoms with van der Waals surface area (Å²) in [5.41, 5.74) is 4.22. The minimum atomic E-state index is -0.0742. The van der Waals surface area contributed by atoms with Crippen molar-refractivity contribution >= 4 is 17.2 Å². The van der Waals surface area contributed by atoms with Gasteiger partial charge >= 0.3 is 0 Å². The lowest BCUT2D eigenvalue weighted by molar-refractivity contribution is 0.0985. The van der Waals surface area contributed by atoms with Crippen molar-refractivity contribution in [3.63, 3.8) is 0 Å². The molecule has 3 aromatic heterocycles. The summed E-state index contributed by atoms with van der Waals surface area (Å²) in [5.74, 6) is 0.604. The fourth-order valence-electron chi connectivity index (χ4n) is 3.27. The van der Waals surface area contributed by atoms with Gasteiger partial charge in [0.05, 0.1) is 0 Å². The number of imidazole rings is 1. The molecule has 0 spiro atoms. The molecular weight excluding hydrogens is 316 g/mol. The van der Waals surface area contributed by atoms with E-state index in [1.807, 2.05) is 40.9 Å². The van der Waals surface area contributed by atoms with Gasteiger partial charge in [-0.15, -0.1) is 0 Å². The van der Waals surface area contributed by atoms with E-state index in [0.29, 0.717) is 18.1 Å². The molecule has 0 bridgehead atoms. The minimum Gasteiger partial charge on any atom is -0.306 e. The summed E-state index contributed by atoms with van der Waals surface area (Å²) in [7, 11) is 0. The number of benzene rings is 1. The lowest BCUT2D eigenvalue weighted by Gasteiger charge is -2.15. The number of H-pyrrole nitrogens is 1. The second-order valence-corrected chi connectivity index (χ2v) is 5.98. The fourth-order valence-corrected chi connectivity index (χ4v) is 3.27. The van der Waals surface area contributed by atoms with Crippen LogP contribution in [0.25, 0.3) is 17.0 Å². The minimum absolute atomic E-state index is 0.0742. The number of carbonyl (C=O) groups is 1. The maximum absolute atomic E-state index is 12.9. The monoisotopic (exact) mass is 330 g/mol. The Bertz CT molecular complexity index is 1080. The van der Waals surface area contributed by atoms with Crippen LogP contribution in [0.5, 0.6) is 0 Å². The number of rotatable bonds is 2. The zero-order valence-electron chi connectivity index (χ0n) is 13.3. The number of para-hydroxylation sites is 1. The Hall–Kier alpha value is -3.48. The molecule has 1 N–H and O–H groups in total. The number of hydrogen-bond acceptors (Lipinski definition) is 4. The maximum Gasteiger partial charge on any atom is 0.278 e. The normalized spacial score (nSPS) is 13.4. The molecule has 1 amide bonds. The Morgan fingerprint density at radius 1 is 1.12 bits per heavy atom. The summed E-state index contributed by atoms with van der Waals surface area (Å²) in [6.07, 6.45) is 5.99. The molecule has 0 atom stereocenters. The van der Waals surface area contributed by atoms with Gasteiger partial charge in [0.15, 0.2) is 5.82 Å². The summed E-state index contributed by atoms with van der Waals surface area (Å²) in [6.45, 7) is 0.690. The summed E-state index contributed by atoms with van der Waals surface area (Å²) in [6, 6.07) is 11.8. The van der Waals surface area contributed by atoms with E-state index in [1.54, 1.807) is 11.1 Å². The van der Waals surface area contributed by atoms with Crippen molar-refractivity contribution in [2.75, 3.05) is 11.4 Å². The quantitative estimate of drug-likeness (QED) is 0.612. The van der Waals surface area contributed by atoms with Crippen LogP contribution in [0, 0.1) is 0 Å². The Balaban J connectivity index is 1.52. The van der Waals surface area contributed by atoms with E-state index in [1.165, 1.54) is 11.9 Å². The van der Waals surface area contributed by atoms with Gasteiger partial charge in [-0.05, 0) is 30.2 Å². The molecule has 0 radical (unpaired) electrons. The van der Waals surface area contributed by atoms with E-state index >= 15 is 0 Å². The lowest BCUT2D eigenvalue weighted by atomic mass is 10.2. The average molecular weight is 330 g/mol. The highest BCUT2D eigenvalue weighted by Gasteiger charge is 2.26. The van der Waals surface area contributed by atoms with Gasteiger partial charge in [-0.2, -0.15) is 5.10 Å². The number of pyridine rings is 1. The standard InChI is InChI=1S/C18H14N6O/c25-18(24-8-7-12-3-1-2-4-15(12)24)14-10-23-9-13(5-6-16(23)21-14)17-19-11-20-22-17/h1-6,9-11H,7-8H2,(H,19,20,22). The van der Waals surface area contributed by atoms with Crippen LogP contribution in [0.3, 0.4) is 0 Å². The molecule has 1 aliphatic rings. The number of amides is 1. The largest absolute Gasteiger partial charge is 0.306 e. The van der Waals surface area contributed by atoms with Crippen LogP contribution in [-0.4, -0.2) is 37.0 Å². The molecular formula is C18H14N6O. The first kappa shape index (κ1) is 13.9. The predicted octanol–water partition coefficient (Wildman–Crippen LogP) is 2.32. The van der Waals surface area contributed by atoms with Crippen molar-refractivity contribution in [1.29, 1.82) is 0 Å². The lowest BCUT2D eigenvalue weighted by Crippen LogP contribution is -2.29. The van der Waals surface area contributed by atoms with E-state index in [0.717, 1.165) is 23.3 Å². The van der Waals surface area contributed by atoms with Crippen LogP contribution in [0.15, 0.2) is 55.1 Å². The smallest absolute Gasteiger partial charge is 0.278 e. The van der Waals surface area contributed by atoms with Crippen LogP contribution in [-0.2, 0) is 6.42 Å². The number of carbonyl (C=O) groups excluding carboxylic acids is 1. The topological polar surface area (TPSA) is 79.2 Å². The van der Waals surface area contributed by atoms with Gasteiger partial charge in [0.25, 0.3) is 5.91 Å². The van der Waals surface area contributed by atoms with Gasteiger partial charge in [0, 0.05) is 30.2 Å². The highest BCUT2D eigenvalue weighted by Crippen LogP contribution is 2.28. The molecule has 4 heterocycles. The molecule has 122 valence electrons. The number of aromatic amines is 1. The summed E-state index contributed by atoms with van der Waals surface area (Å²) in [4.78, 5) is 23.3. The molecule has 5 rings (SSSR count). The zero-order valence-corrected chi connectivity index (χ0v) is 13.3. The molecule has 7 heteroatoms. The van der Waals surface area contributed by atoms with Crippen LogP contribution in [0.4, 0.5) is 5.69 Å². The molecule has 25 heavy (non-hydrogen) atoms. The van der Waals surface area contributed by atoms with Crippen LogP contribution < -0.4 is 4.90 Å². The first-order chi connectivity index (χ1) is 12.3. The van der Waals surface area contributed by atoms with Crippen molar-refractivity contribution in [2.24, 2.45) is 0 Å². The molecule has 4 aromatic rings. The Kier molecular flexibility index (Phi) is 2.93. The van der Waals surface area contributed by atoms with Gasteiger partial charge in [0.2, 0.25) is 0 Å². The number of fused-ring (bicyclic) bond motifs is 2. The maximum atomic E-state index is 12.9. The molecule has 0 saturated heterocycles. The van der Waals surface area contributed by atoms with E-state index in [2.05, 4.69) is 26.2 Å².